The van der Waals surface area contributed by atoms with E-state index >= 15 is 0 Å². The number of hydrogen-bond acceptors (Lipinski definition) is 5. The molecule has 0 saturated carbocycles. The van der Waals surface area contributed by atoms with E-state index < -0.39 is 6.23 Å². The summed E-state index contributed by atoms with van der Waals surface area (Å²) >= 11 is 1.37. The Morgan fingerprint density at radius 2 is 2.33 bits per heavy atom. The zero-order valence-corrected chi connectivity index (χ0v) is 9.03. The highest BCUT2D eigenvalue weighted by Gasteiger charge is 2.30. The molecule has 4 nitrogen and oxygen atoms in total. The number of nitrogens with zero attached hydrogens (tertiary/aromatic N) is 1. The third kappa shape index (κ3) is 1.99. The normalized spacial score (nSPS) is 20.0. The second-order valence-electron chi connectivity index (χ2n) is 3.15. The molecular weight excluding hydrogens is 214 g/mol. The number of fused-ring (bicyclic) bond motifs is 1. The van der Waals surface area contributed by atoms with Gasteiger partial charge in [-0.3, -0.25) is 4.79 Å². The lowest BCUT2D eigenvalue weighted by atomic mass is 10.2. The van der Waals surface area contributed by atoms with Crippen molar-refractivity contribution in [2.24, 2.45) is 0 Å². The molecule has 1 N–H and O–H groups in total. The standard InChI is InChI=1S/C10H11NO3S/c1-14-9(12)6-11-10(13)7-4-2-3-5-8(7)15-11/h2-5,10,13H,6H2,1H3. The van der Waals surface area contributed by atoms with Crippen LogP contribution >= 0.6 is 11.9 Å². The number of benzene rings is 1. The van der Waals surface area contributed by atoms with Gasteiger partial charge in [0.2, 0.25) is 0 Å². The lowest BCUT2D eigenvalue weighted by molar-refractivity contribution is -0.142. The zero-order valence-electron chi connectivity index (χ0n) is 8.21. The monoisotopic (exact) mass is 225 g/mol. The Bertz CT molecular complexity index is 383. The van der Waals surface area contributed by atoms with Crippen molar-refractivity contribution in [2.75, 3.05) is 13.7 Å². The summed E-state index contributed by atoms with van der Waals surface area (Å²) in [5, 5.41) is 9.88. The number of carbonyl (C=O) groups excluding carboxylic acids is 1. The topological polar surface area (TPSA) is 49.8 Å². The van der Waals surface area contributed by atoms with Gasteiger partial charge in [-0.1, -0.05) is 18.2 Å². The van der Waals surface area contributed by atoms with Gasteiger partial charge in [-0.15, -0.1) is 0 Å². The van der Waals surface area contributed by atoms with E-state index in [-0.39, 0.29) is 12.5 Å². The number of carbonyl (C=O) groups is 1. The summed E-state index contributed by atoms with van der Waals surface area (Å²) in [6.07, 6.45) is -0.731. The van der Waals surface area contributed by atoms with Gasteiger partial charge in [0.25, 0.3) is 0 Å². The smallest absolute Gasteiger partial charge is 0.320 e. The SMILES string of the molecule is COC(=O)CN1Sc2ccccc2C1O. The van der Waals surface area contributed by atoms with E-state index in [1.807, 2.05) is 24.3 Å². The summed E-state index contributed by atoms with van der Waals surface area (Å²) in [5.41, 5.74) is 0.839. The number of hydrogen-bond donors (Lipinski definition) is 1. The van der Waals surface area contributed by atoms with Crippen LogP contribution in [-0.4, -0.2) is 29.0 Å². The van der Waals surface area contributed by atoms with Crippen LogP contribution in [0, 0.1) is 0 Å². The number of aliphatic hydroxyl groups excluding tert-OH is 1. The van der Waals surface area contributed by atoms with E-state index in [9.17, 15) is 9.90 Å². The molecule has 1 heterocycles. The van der Waals surface area contributed by atoms with Crippen LogP contribution in [0.5, 0.6) is 0 Å². The highest BCUT2D eigenvalue weighted by Crippen LogP contribution is 2.42. The summed E-state index contributed by atoms with van der Waals surface area (Å²) < 4.78 is 6.15. The second-order valence-corrected chi connectivity index (χ2v) is 4.25. The molecule has 2 rings (SSSR count). The number of methoxy groups -OCH3 is 1. The number of ether oxygens (including phenoxy) is 1. The molecule has 80 valence electrons. The van der Waals surface area contributed by atoms with Gasteiger partial charge in [0, 0.05) is 10.5 Å². The van der Waals surface area contributed by atoms with E-state index in [1.165, 1.54) is 19.1 Å². The average Bonchev–Trinajstić information content (AvgIpc) is 2.57. The quantitative estimate of drug-likeness (QED) is 0.605. The van der Waals surface area contributed by atoms with Gasteiger partial charge in [-0.05, 0) is 18.0 Å². The number of rotatable bonds is 2. The van der Waals surface area contributed by atoms with Crippen molar-refractivity contribution >= 4 is 17.9 Å². The molecular formula is C10H11NO3S. The van der Waals surface area contributed by atoms with Gasteiger partial charge >= 0.3 is 5.97 Å². The molecule has 1 atom stereocenters. The maximum absolute atomic E-state index is 11.1. The summed E-state index contributed by atoms with van der Waals surface area (Å²) in [5.74, 6) is -0.352. The Morgan fingerprint density at radius 1 is 1.60 bits per heavy atom. The molecule has 0 aliphatic carbocycles. The van der Waals surface area contributed by atoms with Gasteiger partial charge in [-0.25, -0.2) is 4.31 Å². The van der Waals surface area contributed by atoms with Crippen molar-refractivity contribution in [3.63, 3.8) is 0 Å². The molecule has 0 bridgehead atoms. The number of esters is 1. The van der Waals surface area contributed by atoms with Crippen molar-refractivity contribution in [3.8, 4) is 0 Å². The highest BCUT2D eigenvalue weighted by molar-refractivity contribution is 7.97. The molecule has 0 fully saturated rings. The predicted octanol–water partition coefficient (Wildman–Crippen LogP) is 1.17. The third-order valence-corrected chi connectivity index (χ3v) is 3.33. The van der Waals surface area contributed by atoms with Crippen molar-refractivity contribution in [1.29, 1.82) is 0 Å². The van der Waals surface area contributed by atoms with Gasteiger partial charge in [0.05, 0.1) is 7.11 Å². The van der Waals surface area contributed by atoms with Crippen LogP contribution in [-0.2, 0) is 9.53 Å². The summed E-state index contributed by atoms with van der Waals surface area (Å²) in [6, 6.07) is 7.54. The molecule has 15 heavy (non-hydrogen) atoms. The fraction of sp³-hybridized carbons (Fsp3) is 0.300. The Labute approximate surface area is 92.0 Å². The first-order valence-corrected chi connectivity index (χ1v) is 5.28. The lowest BCUT2D eigenvalue weighted by Gasteiger charge is -2.16. The van der Waals surface area contributed by atoms with Crippen LogP contribution in [0.1, 0.15) is 11.8 Å². The average molecular weight is 225 g/mol. The largest absolute Gasteiger partial charge is 0.468 e. The van der Waals surface area contributed by atoms with Crippen molar-refractivity contribution < 1.29 is 14.6 Å². The van der Waals surface area contributed by atoms with Crippen molar-refractivity contribution in [2.45, 2.75) is 11.1 Å². The van der Waals surface area contributed by atoms with E-state index in [4.69, 9.17) is 0 Å². The van der Waals surface area contributed by atoms with E-state index in [2.05, 4.69) is 4.74 Å². The van der Waals surface area contributed by atoms with Crippen LogP contribution in [0.25, 0.3) is 0 Å². The van der Waals surface area contributed by atoms with Gasteiger partial charge < -0.3 is 9.84 Å². The minimum atomic E-state index is -0.731. The van der Waals surface area contributed by atoms with Gasteiger partial charge in [-0.2, -0.15) is 0 Å². The first kappa shape index (κ1) is 10.5. The molecule has 0 spiro atoms. The third-order valence-electron chi connectivity index (χ3n) is 2.20. The maximum atomic E-state index is 11.1. The van der Waals surface area contributed by atoms with Crippen LogP contribution in [0.3, 0.4) is 0 Å². The minimum absolute atomic E-state index is 0.0804. The summed E-state index contributed by atoms with van der Waals surface area (Å²) in [6.45, 7) is 0.0804. The number of aliphatic hydroxyl groups is 1. The lowest BCUT2D eigenvalue weighted by Crippen LogP contribution is -2.25. The van der Waals surface area contributed by atoms with Gasteiger partial charge in [0.1, 0.15) is 12.8 Å². The predicted molar refractivity (Wildman–Crippen MR) is 56.0 cm³/mol. The second kappa shape index (κ2) is 4.22. The fourth-order valence-electron chi connectivity index (χ4n) is 1.42. The molecule has 1 aliphatic heterocycles. The van der Waals surface area contributed by atoms with Crippen molar-refractivity contribution in [3.05, 3.63) is 29.8 Å². The Morgan fingerprint density at radius 3 is 3.00 bits per heavy atom. The first-order valence-electron chi connectivity index (χ1n) is 4.51. The van der Waals surface area contributed by atoms with E-state index in [0.717, 1.165) is 10.5 Å². The summed E-state index contributed by atoms with van der Waals surface area (Å²) in [7, 11) is 1.34. The molecule has 1 aromatic rings. The molecule has 0 saturated heterocycles. The molecule has 1 aromatic carbocycles. The first-order chi connectivity index (χ1) is 7.22. The van der Waals surface area contributed by atoms with E-state index in [0.29, 0.717) is 0 Å². The minimum Gasteiger partial charge on any atom is -0.468 e. The van der Waals surface area contributed by atoms with Crippen LogP contribution < -0.4 is 0 Å². The Hall–Kier alpha value is -1.04. The maximum Gasteiger partial charge on any atom is 0.320 e. The molecule has 1 unspecified atom stereocenters. The van der Waals surface area contributed by atoms with Crippen molar-refractivity contribution in [1.82, 2.24) is 4.31 Å². The fourth-order valence-corrected chi connectivity index (χ4v) is 2.47. The van der Waals surface area contributed by atoms with Crippen LogP contribution in [0.15, 0.2) is 29.2 Å². The summed E-state index contributed by atoms with van der Waals surface area (Å²) in [4.78, 5) is 12.1. The van der Waals surface area contributed by atoms with E-state index in [1.54, 1.807) is 4.31 Å². The molecule has 0 radical (unpaired) electrons. The molecule has 0 amide bonds. The Kier molecular flexibility index (Phi) is 2.95. The molecule has 0 aromatic heterocycles. The zero-order chi connectivity index (χ0) is 10.8. The molecule has 1 aliphatic rings. The van der Waals surface area contributed by atoms with Gasteiger partial charge in [0.15, 0.2) is 0 Å². The van der Waals surface area contributed by atoms with Crippen LogP contribution in [0.2, 0.25) is 0 Å². The Balaban J connectivity index is 2.13. The molecule has 5 heteroatoms. The highest BCUT2D eigenvalue weighted by atomic mass is 32.2. The van der Waals surface area contributed by atoms with Crippen LogP contribution in [0.4, 0.5) is 0 Å².